The molecule has 0 fully saturated rings. The lowest BCUT2D eigenvalue weighted by Gasteiger charge is -2.07. The second kappa shape index (κ2) is 6.29. The fourth-order valence-corrected chi connectivity index (χ4v) is 2.20. The summed E-state index contributed by atoms with van der Waals surface area (Å²) >= 11 is 1.63. The molecule has 0 heterocycles. The lowest BCUT2D eigenvalue weighted by Crippen LogP contribution is -2.14. The Hall–Kier alpha value is -1.94. The third-order valence-electron chi connectivity index (χ3n) is 2.70. The molecule has 2 rings (SSSR count). The van der Waals surface area contributed by atoms with Crippen LogP contribution in [-0.4, -0.2) is 17.3 Å². The maximum atomic E-state index is 11.9. The second-order valence-corrected chi connectivity index (χ2v) is 4.97. The number of nitrogens with one attached hydrogen (secondary N) is 1. The summed E-state index contributed by atoms with van der Waals surface area (Å²) in [5, 5.41) is 12.5. The average molecular weight is 273 g/mol. The van der Waals surface area contributed by atoms with E-state index in [1.807, 2.05) is 30.5 Å². The van der Waals surface area contributed by atoms with Gasteiger partial charge in [0.1, 0.15) is 5.75 Å². The molecule has 0 aliphatic carbocycles. The normalized spacial score (nSPS) is 10.2. The SMILES string of the molecule is CSc1cccc(NC(=O)Cc2ccccc2O)c1. The van der Waals surface area contributed by atoms with Crippen LogP contribution in [0.1, 0.15) is 5.56 Å². The van der Waals surface area contributed by atoms with Crippen molar-refractivity contribution in [3.8, 4) is 5.75 Å². The molecule has 19 heavy (non-hydrogen) atoms. The molecule has 2 aromatic carbocycles. The van der Waals surface area contributed by atoms with Gasteiger partial charge in [-0.05, 0) is 30.5 Å². The molecule has 0 radical (unpaired) electrons. The van der Waals surface area contributed by atoms with Gasteiger partial charge in [0.15, 0.2) is 0 Å². The van der Waals surface area contributed by atoms with Gasteiger partial charge in [0, 0.05) is 16.1 Å². The van der Waals surface area contributed by atoms with E-state index in [2.05, 4.69) is 5.32 Å². The summed E-state index contributed by atoms with van der Waals surface area (Å²) in [6.45, 7) is 0. The van der Waals surface area contributed by atoms with Gasteiger partial charge in [-0.2, -0.15) is 0 Å². The van der Waals surface area contributed by atoms with Crippen LogP contribution in [-0.2, 0) is 11.2 Å². The highest BCUT2D eigenvalue weighted by molar-refractivity contribution is 7.98. The van der Waals surface area contributed by atoms with Gasteiger partial charge in [-0.3, -0.25) is 4.79 Å². The summed E-state index contributed by atoms with van der Waals surface area (Å²) in [4.78, 5) is 13.0. The predicted octanol–water partition coefficient (Wildman–Crippen LogP) is 3.30. The Bertz CT molecular complexity index is 584. The number of phenols is 1. The Kier molecular flexibility index (Phi) is 4.47. The van der Waals surface area contributed by atoms with Gasteiger partial charge in [0.25, 0.3) is 0 Å². The Morgan fingerprint density at radius 3 is 2.74 bits per heavy atom. The van der Waals surface area contributed by atoms with E-state index < -0.39 is 0 Å². The van der Waals surface area contributed by atoms with Crippen molar-refractivity contribution < 1.29 is 9.90 Å². The van der Waals surface area contributed by atoms with Crippen LogP contribution in [0.25, 0.3) is 0 Å². The molecule has 1 amide bonds. The number of carbonyl (C=O) groups excluding carboxylic acids is 1. The number of anilines is 1. The van der Waals surface area contributed by atoms with E-state index in [9.17, 15) is 9.90 Å². The van der Waals surface area contributed by atoms with Crippen molar-refractivity contribution in [2.75, 3.05) is 11.6 Å². The van der Waals surface area contributed by atoms with Crippen LogP contribution in [0.5, 0.6) is 5.75 Å². The standard InChI is InChI=1S/C15H15NO2S/c1-19-13-7-4-6-12(10-13)16-15(18)9-11-5-2-3-8-14(11)17/h2-8,10,17H,9H2,1H3,(H,16,18). The van der Waals surface area contributed by atoms with E-state index in [0.717, 1.165) is 10.6 Å². The van der Waals surface area contributed by atoms with Crippen molar-refractivity contribution in [1.82, 2.24) is 0 Å². The van der Waals surface area contributed by atoms with Gasteiger partial charge in [-0.25, -0.2) is 0 Å². The lowest BCUT2D eigenvalue weighted by molar-refractivity contribution is -0.115. The molecule has 0 aliphatic rings. The van der Waals surface area contributed by atoms with E-state index in [4.69, 9.17) is 0 Å². The molecule has 0 spiro atoms. The van der Waals surface area contributed by atoms with Crippen LogP contribution in [0.3, 0.4) is 0 Å². The molecule has 0 bridgehead atoms. The third-order valence-corrected chi connectivity index (χ3v) is 3.42. The molecule has 3 nitrogen and oxygen atoms in total. The van der Waals surface area contributed by atoms with E-state index in [1.54, 1.807) is 36.0 Å². The summed E-state index contributed by atoms with van der Waals surface area (Å²) in [6.07, 6.45) is 2.15. The summed E-state index contributed by atoms with van der Waals surface area (Å²) in [5.41, 5.74) is 1.40. The van der Waals surface area contributed by atoms with Crippen molar-refractivity contribution in [3.63, 3.8) is 0 Å². The number of para-hydroxylation sites is 1. The Labute approximate surface area is 116 Å². The molecule has 98 valence electrons. The second-order valence-electron chi connectivity index (χ2n) is 4.09. The monoisotopic (exact) mass is 273 g/mol. The zero-order chi connectivity index (χ0) is 13.7. The minimum atomic E-state index is -0.139. The first-order valence-electron chi connectivity index (χ1n) is 5.90. The number of phenolic OH excluding ortho intramolecular Hbond substituents is 1. The number of hydrogen-bond donors (Lipinski definition) is 2. The third kappa shape index (κ3) is 3.76. The van der Waals surface area contributed by atoms with Crippen molar-refractivity contribution >= 4 is 23.4 Å². The summed E-state index contributed by atoms with van der Waals surface area (Å²) in [7, 11) is 0. The molecule has 2 aromatic rings. The highest BCUT2D eigenvalue weighted by atomic mass is 32.2. The minimum Gasteiger partial charge on any atom is -0.508 e. The van der Waals surface area contributed by atoms with E-state index in [1.165, 1.54) is 0 Å². The molecule has 0 aliphatic heterocycles. The summed E-state index contributed by atoms with van der Waals surface area (Å²) in [6, 6.07) is 14.5. The molecule has 0 saturated carbocycles. The van der Waals surface area contributed by atoms with Gasteiger partial charge in [0.05, 0.1) is 6.42 Å². The zero-order valence-corrected chi connectivity index (χ0v) is 11.4. The molecular weight excluding hydrogens is 258 g/mol. The maximum Gasteiger partial charge on any atom is 0.228 e. The highest BCUT2D eigenvalue weighted by Gasteiger charge is 2.07. The minimum absolute atomic E-state index is 0.139. The van der Waals surface area contributed by atoms with Crippen molar-refractivity contribution in [1.29, 1.82) is 0 Å². The number of thioether (sulfide) groups is 1. The summed E-state index contributed by atoms with van der Waals surface area (Å²) < 4.78 is 0. The number of rotatable bonds is 4. The van der Waals surface area contributed by atoms with Crippen LogP contribution in [0.4, 0.5) is 5.69 Å². The molecule has 0 unspecified atom stereocenters. The van der Waals surface area contributed by atoms with Crippen molar-refractivity contribution in [2.24, 2.45) is 0 Å². The number of benzene rings is 2. The number of amides is 1. The van der Waals surface area contributed by atoms with Crippen molar-refractivity contribution in [3.05, 3.63) is 54.1 Å². The molecule has 2 N–H and O–H groups in total. The van der Waals surface area contributed by atoms with Crippen LogP contribution >= 0.6 is 11.8 Å². The van der Waals surface area contributed by atoms with Crippen LogP contribution < -0.4 is 5.32 Å². The van der Waals surface area contributed by atoms with Crippen LogP contribution in [0, 0.1) is 0 Å². The largest absolute Gasteiger partial charge is 0.508 e. The fraction of sp³-hybridized carbons (Fsp3) is 0.133. The Balaban J connectivity index is 2.03. The average Bonchev–Trinajstić information content (AvgIpc) is 2.41. The first-order chi connectivity index (χ1) is 9.19. The first kappa shape index (κ1) is 13.5. The van der Waals surface area contributed by atoms with Gasteiger partial charge in [0.2, 0.25) is 5.91 Å². The molecule has 4 heteroatoms. The van der Waals surface area contributed by atoms with Gasteiger partial charge < -0.3 is 10.4 Å². The highest BCUT2D eigenvalue weighted by Crippen LogP contribution is 2.20. The molecule has 0 saturated heterocycles. The van der Waals surface area contributed by atoms with Crippen LogP contribution in [0.15, 0.2) is 53.4 Å². The fourth-order valence-electron chi connectivity index (χ4n) is 1.74. The molecular formula is C15H15NO2S. The van der Waals surface area contributed by atoms with E-state index in [0.29, 0.717) is 5.56 Å². The molecule has 0 atom stereocenters. The van der Waals surface area contributed by atoms with E-state index in [-0.39, 0.29) is 18.1 Å². The van der Waals surface area contributed by atoms with Gasteiger partial charge in [-0.1, -0.05) is 24.3 Å². The lowest BCUT2D eigenvalue weighted by atomic mass is 10.1. The summed E-state index contributed by atoms with van der Waals surface area (Å²) in [5.74, 6) is 0.00951. The Morgan fingerprint density at radius 1 is 1.21 bits per heavy atom. The predicted molar refractivity (Wildman–Crippen MR) is 78.7 cm³/mol. The first-order valence-corrected chi connectivity index (χ1v) is 7.12. The number of hydrogen-bond acceptors (Lipinski definition) is 3. The number of carbonyl (C=O) groups is 1. The Morgan fingerprint density at radius 2 is 2.00 bits per heavy atom. The smallest absolute Gasteiger partial charge is 0.228 e. The molecule has 0 aromatic heterocycles. The zero-order valence-electron chi connectivity index (χ0n) is 10.6. The maximum absolute atomic E-state index is 11.9. The topological polar surface area (TPSA) is 49.3 Å². The van der Waals surface area contributed by atoms with Crippen LogP contribution in [0.2, 0.25) is 0 Å². The van der Waals surface area contributed by atoms with Gasteiger partial charge >= 0.3 is 0 Å². The van der Waals surface area contributed by atoms with Gasteiger partial charge in [-0.15, -0.1) is 11.8 Å². The van der Waals surface area contributed by atoms with Crippen molar-refractivity contribution in [2.45, 2.75) is 11.3 Å². The number of aromatic hydroxyl groups is 1. The van der Waals surface area contributed by atoms with E-state index >= 15 is 0 Å². The quantitative estimate of drug-likeness (QED) is 0.840.